The van der Waals surface area contributed by atoms with Gasteiger partial charge in [0.15, 0.2) is 0 Å². The second kappa shape index (κ2) is 9.52. The smallest absolute Gasteiger partial charge is 0.251 e. The van der Waals surface area contributed by atoms with Gasteiger partial charge in [-0.05, 0) is 35.9 Å². The summed E-state index contributed by atoms with van der Waals surface area (Å²) in [5.74, 6) is -0.0792. The molecule has 2 heterocycles. The topological polar surface area (TPSA) is 96.0 Å². The van der Waals surface area contributed by atoms with E-state index in [0.717, 1.165) is 21.3 Å². The van der Waals surface area contributed by atoms with Crippen LogP contribution in [-0.4, -0.2) is 34.9 Å². The van der Waals surface area contributed by atoms with Gasteiger partial charge in [-0.15, -0.1) is 11.3 Å². The van der Waals surface area contributed by atoms with Crippen molar-refractivity contribution < 1.29 is 14.0 Å². The summed E-state index contributed by atoms with van der Waals surface area (Å²) in [5.41, 5.74) is 2.82. The Labute approximate surface area is 187 Å². The zero-order chi connectivity index (χ0) is 22.5. The number of benzene rings is 2. The van der Waals surface area contributed by atoms with Crippen molar-refractivity contribution in [1.82, 2.24) is 15.3 Å². The van der Waals surface area contributed by atoms with Crippen LogP contribution in [0.4, 0.5) is 15.9 Å². The number of carbonyl (C=O) groups is 2. The number of nitrogens with one attached hydrogen (secondary N) is 3. The first-order valence-corrected chi connectivity index (χ1v) is 10.8. The van der Waals surface area contributed by atoms with Crippen molar-refractivity contribution in [3.05, 3.63) is 71.6 Å². The number of halogens is 1. The van der Waals surface area contributed by atoms with Gasteiger partial charge >= 0.3 is 0 Å². The summed E-state index contributed by atoms with van der Waals surface area (Å²) in [6.07, 6.45) is 1.49. The van der Waals surface area contributed by atoms with Crippen molar-refractivity contribution in [2.75, 3.05) is 23.7 Å². The zero-order valence-corrected chi connectivity index (χ0v) is 18.0. The summed E-state index contributed by atoms with van der Waals surface area (Å²) >= 11 is 1.49. The third kappa shape index (κ3) is 4.89. The maximum atomic E-state index is 13.3. The second-order valence-electron chi connectivity index (χ2n) is 7.00. The first-order valence-electron chi connectivity index (χ1n) is 9.89. The van der Waals surface area contributed by atoms with Crippen molar-refractivity contribution in [3.8, 4) is 11.1 Å². The Hall–Kier alpha value is -3.85. The van der Waals surface area contributed by atoms with E-state index >= 15 is 0 Å². The van der Waals surface area contributed by atoms with E-state index in [4.69, 9.17) is 0 Å². The Morgan fingerprint density at radius 3 is 2.66 bits per heavy atom. The van der Waals surface area contributed by atoms with Gasteiger partial charge < -0.3 is 16.0 Å². The second-order valence-corrected chi connectivity index (χ2v) is 7.86. The van der Waals surface area contributed by atoms with Crippen LogP contribution in [0.5, 0.6) is 0 Å². The van der Waals surface area contributed by atoms with E-state index in [1.165, 1.54) is 36.7 Å². The van der Waals surface area contributed by atoms with Gasteiger partial charge in [-0.25, -0.2) is 14.4 Å². The minimum absolute atomic E-state index is 0.198. The normalized spacial score (nSPS) is 10.7. The zero-order valence-electron chi connectivity index (χ0n) is 17.2. The van der Waals surface area contributed by atoms with Gasteiger partial charge in [0.2, 0.25) is 5.91 Å². The quantitative estimate of drug-likeness (QED) is 0.366. The van der Waals surface area contributed by atoms with Crippen LogP contribution in [0.2, 0.25) is 0 Å². The number of rotatable bonds is 7. The maximum Gasteiger partial charge on any atom is 0.251 e. The highest BCUT2D eigenvalue weighted by Gasteiger charge is 2.13. The Kier molecular flexibility index (Phi) is 6.37. The molecule has 9 heteroatoms. The lowest BCUT2D eigenvalue weighted by Gasteiger charge is -2.10. The van der Waals surface area contributed by atoms with Gasteiger partial charge in [0.1, 0.15) is 22.8 Å². The number of aromatic nitrogens is 2. The molecule has 0 unspecified atom stereocenters. The highest BCUT2D eigenvalue weighted by molar-refractivity contribution is 7.17. The highest BCUT2D eigenvalue weighted by Crippen LogP contribution is 2.36. The van der Waals surface area contributed by atoms with Crippen LogP contribution in [0, 0.1) is 5.82 Å². The molecule has 0 saturated carbocycles. The van der Waals surface area contributed by atoms with Gasteiger partial charge in [0.25, 0.3) is 5.91 Å². The summed E-state index contributed by atoms with van der Waals surface area (Å²) in [4.78, 5) is 33.1. The van der Waals surface area contributed by atoms with Crippen LogP contribution in [0.3, 0.4) is 0 Å². The summed E-state index contributed by atoms with van der Waals surface area (Å²) in [5, 5.41) is 11.6. The molecule has 162 valence electrons. The minimum Gasteiger partial charge on any atom is -0.368 e. The van der Waals surface area contributed by atoms with E-state index in [-0.39, 0.29) is 17.6 Å². The largest absolute Gasteiger partial charge is 0.368 e. The van der Waals surface area contributed by atoms with Crippen LogP contribution in [0.1, 0.15) is 17.3 Å². The molecule has 2 amide bonds. The molecule has 7 nitrogen and oxygen atoms in total. The number of hydrogen-bond acceptors (Lipinski definition) is 6. The van der Waals surface area contributed by atoms with Crippen molar-refractivity contribution in [2.24, 2.45) is 0 Å². The molecular weight excluding hydrogens is 429 g/mol. The number of hydrogen-bond donors (Lipinski definition) is 3. The molecule has 0 saturated heterocycles. The molecule has 4 rings (SSSR count). The Balaban J connectivity index is 1.42. The number of amides is 2. The van der Waals surface area contributed by atoms with Crippen LogP contribution in [-0.2, 0) is 4.79 Å². The van der Waals surface area contributed by atoms with E-state index in [0.29, 0.717) is 30.2 Å². The number of carbonyl (C=O) groups excluding carboxylic acids is 2. The molecule has 0 aliphatic heterocycles. The lowest BCUT2D eigenvalue weighted by molar-refractivity contribution is -0.114. The molecule has 0 aliphatic carbocycles. The average Bonchev–Trinajstić information content (AvgIpc) is 3.22. The third-order valence-corrected chi connectivity index (χ3v) is 5.56. The van der Waals surface area contributed by atoms with Crippen molar-refractivity contribution in [1.29, 1.82) is 0 Å². The molecule has 2 aromatic carbocycles. The van der Waals surface area contributed by atoms with Gasteiger partial charge in [-0.2, -0.15) is 0 Å². The lowest BCUT2D eigenvalue weighted by Crippen LogP contribution is -2.29. The first kappa shape index (κ1) is 21.4. The summed E-state index contributed by atoms with van der Waals surface area (Å²) in [7, 11) is 0. The average molecular weight is 450 g/mol. The number of nitrogens with zero attached hydrogens (tertiary/aromatic N) is 2. The third-order valence-electron chi connectivity index (χ3n) is 4.67. The molecule has 0 spiro atoms. The molecule has 0 bridgehead atoms. The number of fused-ring (bicyclic) bond motifs is 1. The van der Waals surface area contributed by atoms with E-state index in [2.05, 4.69) is 25.9 Å². The monoisotopic (exact) mass is 449 g/mol. The van der Waals surface area contributed by atoms with Gasteiger partial charge in [-0.1, -0.05) is 18.2 Å². The van der Waals surface area contributed by atoms with Crippen LogP contribution in [0.25, 0.3) is 21.3 Å². The van der Waals surface area contributed by atoms with Crippen LogP contribution in [0.15, 0.2) is 60.2 Å². The molecule has 0 atom stereocenters. The molecule has 0 fully saturated rings. The van der Waals surface area contributed by atoms with Crippen molar-refractivity contribution in [3.63, 3.8) is 0 Å². The molecule has 2 aromatic heterocycles. The standard InChI is InChI=1S/C23H20FN5O2S/c1-14(30)29-18-4-2-3-16(11-18)22(31)26-10-9-25-21-20-19(12-32-23(20)28-13-27-21)15-5-7-17(24)8-6-15/h2-8,11-13H,9-10H2,1H3,(H,26,31)(H,29,30)(H,25,27,28). The van der Waals surface area contributed by atoms with Gasteiger partial charge in [0, 0.05) is 42.2 Å². The molecule has 32 heavy (non-hydrogen) atoms. The van der Waals surface area contributed by atoms with E-state index in [9.17, 15) is 14.0 Å². The lowest BCUT2D eigenvalue weighted by atomic mass is 10.1. The SMILES string of the molecule is CC(=O)Nc1cccc(C(=O)NCCNc2ncnc3scc(-c4ccc(F)cc4)c23)c1. The summed E-state index contributed by atoms with van der Waals surface area (Å²) in [6.45, 7) is 2.23. The Bertz CT molecular complexity index is 1270. The summed E-state index contributed by atoms with van der Waals surface area (Å²) in [6, 6.07) is 13.0. The predicted octanol–water partition coefficient (Wildman–Crippen LogP) is 4.30. The minimum atomic E-state index is -0.291. The fourth-order valence-electron chi connectivity index (χ4n) is 3.25. The Morgan fingerprint density at radius 1 is 1.06 bits per heavy atom. The summed E-state index contributed by atoms with van der Waals surface area (Å²) < 4.78 is 13.3. The van der Waals surface area contributed by atoms with Crippen LogP contribution < -0.4 is 16.0 Å². The first-order chi connectivity index (χ1) is 15.5. The molecule has 4 aromatic rings. The Morgan fingerprint density at radius 2 is 1.88 bits per heavy atom. The van der Waals surface area contributed by atoms with E-state index in [1.54, 1.807) is 36.4 Å². The molecule has 0 radical (unpaired) electrons. The maximum absolute atomic E-state index is 13.3. The number of anilines is 2. The fourth-order valence-corrected chi connectivity index (χ4v) is 4.17. The van der Waals surface area contributed by atoms with E-state index in [1.807, 2.05) is 5.38 Å². The van der Waals surface area contributed by atoms with Gasteiger partial charge in [0.05, 0.1) is 5.39 Å². The van der Waals surface area contributed by atoms with Gasteiger partial charge in [-0.3, -0.25) is 9.59 Å². The van der Waals surface area contributed by atoms with Crippen LogP contribution >= 0.6 is 11.3 Å². The highest BCUT2D eigenvalue weighted by atomic mass is 32.1. The number of thiophene rings is 1. The van der Waals surface area contributed by atoms with E-state index < -0.39 is 0 Å². The van der Waals surface area contributed by atoms with Crippen molar-refractivity contribution >= 4 is 44.9 Å². The molecular formula is C23H20FN5O2S. The molecule has 3 N–H and O–H groups in total. The van der Waals surface area contributed by atoms with Crippen molar-refractivity contribution in [2.45, 2.75) is 6.92 Å². The predicted molar refractivity (Wildman–Crippen MR) is 124 cm³/mol. The fraction of sp³-hybridized carbons (Fsp3) is 0.130. The molecule has 0 aliphatic rings.